The molecule has 2 N–H and O–H groups in total. The minimum atomic E-state index is -0.978. The molecule has 2 rings (SSSR count). The van der Waals surface area contributed by atoms with Crippen molar-refractivity contribution in [3.63, 3.8) is 0 Å². The fraction of sp³-hybridized carbons (Fsp3) is 0.333. The molecule has 0 aliphatic heterocycles. The maximum absolute atomic E-state index is 14.1. The van der Waals surface area contributed by atoms with E-state index in [2.05, 4.69) is 0 Å². The van der Waals surface area contributed by atoms with Gasteiger partial charge in [-0.25, -0.2) is 4.39 Å². The Balaban J connectivity index is 1.97. The van der Waals surface area contributed by atoms with Crippen molar-refractivity contribution in [3.8, 4) is 22.6 Å². The van der Waals surface area contributed by atoms with E-state index in [0.717, 1.165) is 5.56 Å². The van der Waals surface area contributed by atoms with E-state index in [1.54, 1.807) is 30.3 Å². The molecule has 0 heterocycles. The molecule has 0 spiro atoms. The van der Waals surface area contributed by atoms with Gasteiger partial charge >= 0.3 is 0 Å². The average Bonchev–Trinajstić information content (AvgIpc) is 2.56. The lowest BCUT2D eigenvalue weighted by molar-refractivity contribution is -0.132. The van der Waals surface area contributed by atoms with Gasteiger partial charge in [-0.05, 0) is 49.2 Å². The maximum Gasteiger partial charge on any atom is 0.192 e. The second kappa shape index (κ2) is 9.33. The monoisotopic (exact) mass is 352 g/mol. The van der Waals surface area contributed by atoms with Crippen molar-refractivity contribution in [1.82, 2.24) is 0 Å². The van der Waals surface area contributed by atoms with Gasteiger partial charge in [-0.1, -0.05) is 18.2 Å². The summed E-state index contributed by atoms with van der Waals surface area (Å²) in [6.45, 7) is 2.62. The Hall–Kier alpha value is -2.19. The van der Waals surface area contributed by atoms with Crippen molar-refractivity contribution < 1.29 is 33.6 Å². The van der Waals surface area contributed by atoms with Gasteiger partial charge in [-0.2, -0.15) is 0 Å². The van der Waals surface area contributed by atoms with Crippen molar-refractivity contribution in [2.45, 2.75) is 26.4 Å². The Labute approximate surface area is 145 Å². The zero-order valence-corrected chi connectivity index (χ0v) is 14.0. The third kappa shape index (κ3) is 6.32. The van der Waals surface area contributed by atoms with E-state index in [1.165, 1.54) is 26.0 Å². The molecule has 7 heteroatoms. The van der Waals surface area contributed by atoms with Crippen LogP contribution in [0.1, 0.15) is 13.8 Å². The van der Waals surface area contributed by atoms with Crippen molar-refractivity contribution >= 4 is 0 Å². The molecule has 0 aliphatic rings. The summed E-state index contributed by atoms with van der Waals surface area (Å²) in [6.07, 6.45) is -1.87. The van der Waals surface area contributed by atoms with E-state index in [1.807, 2.05) is 0 Å². The van der Waals surface area contributed by atoms with Gasteiger partial charge in [0, 0.05) is 0 Å². The molecule has 0 aromatic heterocycles. The van der Waals surface area contributed by atoms with Gasteiger partial charge in [0.1, 0.15) is 5.75 Å². The lowest BCUT2D eigenvalue weighted by Crippen LogP contribution is -2.12. The van der Waals surface area contributed by atoms with Crippen LogP contribution in [0.5, 0.6) is 11.5 Å². The molecule has 136 valence electrons. The van der Waals surface area contributed by atoms with Gasteiger partial charge in [-0.15, -0.1) is 0 Å². The molecule has 6 nitrogen and oxygen atoms in total. The van der Waals surface area contributed by atoms with Crippen LogP contribution in [0.3, 0.4) is 0 Å². The van der Waals surface area contributed by atoms with E-state index in [4.69, 9.17) is 29.2 Å². The second-order valence-corrected chi connectivity index (χ2v) is 5.23. The number of ether oxygens (including phenoxy) is 4. The first kappa shape index (κ1) is 19.1. The van der Waals surface area contributed by atoms with E-state index in [9.17, 15) is 4.39 Å². The molecule has 2 aromatic rings. The SMILES string of the molecule is CC(O)OCOc1ccc(-c2ccc(OCOC(C)O)c(F)c2)cc1. The number of hydrogen-bond donors (Lipinski definition) is 2. The first-order valence-electron chi connectivity index (χ1n) is 7.70. The van der Waals surface area contributed by atoms with E-state index >= 15 is 0 Å². The van der Waals surface area contributed by atoms with Crippen LogP contribution in [-0.2, 0) is 9.47 Å². The second-order valence-electron chi connectivity index (χ2n) is 5.23. The standard InChI is InChI=1S/C18H21FO6/c1-12(20)22-10-24-16-6-3-14(4-7-16)15-5-8-18(17(19)9-15)25-11-23-13(2)21/h3-9,12-13,20-21H,10-11H2,1-2H3. The molecule has 2 aromatic carbocycles. The molecule has 0 bridgehead atoms. The summed E-state index contributed by atoms with van der Waals surface area (Å²) < 4.78 is 34.2. The van der Waals surface area contributed by atoms with Crippen molar-refractivity contribution in [2.75, 3.05) is 13.6 Å². The summed E-state index contributed by atoms with van der Waals surface area (Å²) in [7, 11) is 0. The maximum atomic E-state index is 14.1. The fourth-order valence-electron chi connectivity index (χ4n) is 1.94. The summed E-state index contributed by atoms with van der Waals surface area (Å²) in [5.74, 6) is 0.0806. The highest BCUT2D eigenvalue weighted by atomic mass is 19.1. The Morgan fingerprint density at radius 1 is 0.840 bits per heavy atom. The molecule has 2 unspecified atom stereocenters. The summed E-state index contributed by atoms with van der Waals surface area (Å²) in [6, 6.07) is 11.6. The molecule has 0 amide bonds. The summed E-state index contributed by atoms with van der Waals surface area (Å²) >= 11 is 0. The van der Waals surface area contributed by atoms with E-state index in [-0.39, 0.29) is 19.3 Å². The third-order valence-electron chi connectivity index (χ3n) is 3.18. The van der Waals surface area contributed by atoms with Crippen LogP contribution in [0.15, 0.2) is 42.5 Å². The third-order valence-corrected chi connectivity index (χ3v) is 3.18. The smallest absolute Gasteiger partial charge is 0.192 e. The quantitative estimate of drug-likeness (QED) is 0.676. The summed E-state index contributed by atoms with van der Waals surface area (Å²) in [5, 5.41) is 18.0. The number of benzene rings is 2. The van der Waals surface area contributed by atoms with Crippen LogP contribution in [0, 0.1) is 5.82 Å². The van der Waals surface area contributed by atoms with Gasteiger partial charge in [0.25, 0.3) is 0 Å². The van der Waals surface area contributed by atoms with Crippen molar-refractivity contribution in [1.29, 1.82) is 0 Å². The largest absolute Gasteiger partial charge is 0.467 e. The van der Waals surface area contributed by atoms with Gasteiger partial charge in [0.05, 0.1) is 0 Å². The number of aliphatic hydroxyl groups is 2. The predicted octanol–water partition coefficient (Wildman–Crippen LogP) is 2.88. The molecule has 0 aliphatic carbocycles. The first-order chi connectivity index (χ1) is 12.0. The van der Waals surface area contributed by atoms with Crippen molar-refractivity contribution in [3.05, 3.63) is 48.3 Å². The summed E-state index contributed by atoms with van der Waals surface area (Å²) in [4.78, 5) is 0. The molecular weight excluding hydrogens is 331 g/mol. The molecule has 2 atom stereocenters. The number of aliphatic hydroxyl groups excluding tert-OH is 2. The lowest BCUT2D eigenvalue weighted by Gasteiger charge is -2.11. The van der Waals surface area contributed by atoms with Crippen molar-refractivity contribution in [2.24, 2.45) is 0 Å². The highest BCUT2D eigenvalue weighted by Gasteiger charge is 2.07. The van der Waals surface area contributed by atoms with Crippen LogP contribution >= 0.6 is 0 Å². The van der Waals surface area contributed by atoms with Crippen LogP contribution in [0.4, 0.5) is 4.39 Å². The molecule has 0 radical (unpaired) electrons. The highest BCUT2D eigenvalue weighted by molar-refractivity contribution is 5.65. The van der Waals surface area contributed by atoms with E-state index in [0.29, 0.717) is 11.3 Å². The molecule has 0 fully saturated rings. The zero-order chi connectivity index (χ0) is 18.2. The average molecular weight is 352 g/mol. The Kier molecular flexibility index (Phi) is 7.15. The van der Waals surface area contributed by atoms with Gasteiger partial charge < -0.3 is 29.2 Å². The predicted molar refractivity (Wildman–Crippen MR) is 88.4 cm³/mol. The fourth-order valence-corrected chi connectivity index (χ4v) is 1.94. The van der Waals surface area contributed by atoms with Gasteiger partial charge in [0.15, 0.2) is 37.7 Å². The highest BCUT2D eigenvalue weighted by Crippen LogP contribution is 2.27. The first-order valence-corrected chi connectivity index (χ1v) is 7.70. The minimum Gasteiger partial charge on any atom is -0.467 e. The Morgan fingerprint density at radius 3 is 1.96 bits per heavy atom. The van der Waals surface area contributed by atoms with Crippen LogP contribution < -0.4 is 9.47 Å². The minimum absolute atomic E-state index is 0.0413. The van der Waals surface area contributed by atoms with Crippen LogP contribution in [-0.4, -0.2) is 36.4 Å². The van der Waals surface area contributed by atoms with E-state index < -0.39 is 18.4 Å². The summed E-state index contributed by atoms with van der Waals surface area (Å²) in [5.41, 5.74) is 1.47. The number of rotatable bonds is 9. The molecule has 0 saturated heterocycles. The number of halogens is 1. The van der Waals surface area contributed by atoms with Crippen LogP contribution in [0.2, 0.25) is 0 Å². The molecular formula is C18H21FO6. The lowest BCUT2D eigenvalue weighted by atomic mass is 10.1. The normalized spacial score (nSPS) is 13.3. The topological polar surface area (TPSA) is 77.4 Å². The number of hydrogen-bond acceptors (Lipinski definition) is 6. The Bertz CT molecular complexity index is 657. The molecule has 25 heavy (non-hydrogen) atoms. The van der Waals surface area contributed by atoms with Gasteiger partial charge in [0.2, 0.25) is 0 Å². The van der Waals surface area contributed by atoms with Crippen LogP contribution in [0.25, 0.3) is 11.1 Å². The zero-order valence-electron chi connectivity index (χ0n) is 14.0. The Morgan fingerprint density at radius 2 is 1.40 bits per heavy atom. The van der Waals surface area contributed by atoms with Gasteiger partial charge in [-0.3, -0.25) is 0 Å². The molecule has 0 saturated carbocycles.